The van der Waals surface area contributed by atoms with Gasteiger partial charge in [-0.3, -0.25) is 9.59 Å². The van der Waals surface area contributed by atoms with E-state index in [-0.39, 0.29) is 0 Å². The summed E-state index contributed by atoms with van der Waals surface area (Å²) in [5.41, 5.74) is 3.27. The quantitative estimate of drug-likeness (QED) is 0.556. The highest BCUT2D eigenvalue weighted by Crippen LogP contribution is 2.15. The molecule has 0 saturated carbocycles. The summed E-state index contributed by atoms with van der Waals surface area (Å²) in [6.45, 7) is 7.95. The molecule has 0 N–H and O–H groups in total. The lowest BCUT2D eigenvalue weighted by Crippen LogP contribution is -2.35. The summed E-state index contributed by atoms with van der Waals surface area (Å²) in [5.74, 6) is -0.918. The third-order valence-corrected chi connectivity index (χ3v) is 3.33. The Balaban J connectivity index is 2.79. The molecule has 1 amide bonds. The Hall–Kier alpha value is -2.16. The SMILES string of the molecule is CC(=O)C(=O)N(C/C=C(\C)CCC=C(C)C)c1ccccc1. The number of para-hydroxylation sites is 1. The Kier molecular flexibility index (Phi) is 7.30. The number of hydrogen-bond acceptors (Lipinski definition) is 2. The van der Waals surface area contributed by atoms with Crippen LogP contribution in [0.3, 0.4) is 0 Å². The van der Waals surface area contributed by atoms with Crippen LogP contribution in [0.4, 0.5) is 5.69 Å². The molecular weight excluding hydrogens is 274 g/mol. The zero-order valence-corrected chi connectivity index (χ0v) is 13.9. The molecule has 118 valence electrons. The zero-order valence-electron chi connectivity index (χ0n) is 13.9. The molecule has 0 aliphatic rings. The van der Waals surface area contributed by atoms with E-state index >= 15 is 0 Å². The van der Waals surface area contributed by atoms with Gasteiger partial charge in [-0.25, -0.2) is 0 Å². The molecule has 1 aromatic rings. The van der Waals surface area contributed by atoms with E-state index in [1.165, 1.54) is 23.0 Å². The predicted octanol–water partition coefficient (Wildman–Crippen LogP) is 4.30. The Morgan fingerprint density at radius 2 is 1.64 bits per heavy atom. The Bertz CT molecular complexity index is 566. The van der Waals surface area contributed by atoms with Gasteiger partial charge in [0, 0.05) is 19.2 Å². The van der Waals surface area contributed by atoms with Gasteiger partial charge in [0.05, 0.1) is 0 Å². The fourth-order valence-electron chi connectivity index (χ4n) is 2.04. The molecule has 3 nitrogen and oxygen atoms in total. The molecule has 3 heteroatoms. The summed E-state index contributed by atoms with van der Waals surface area (Å²) in [7, 11) is 0. The lowest BCUT2D eigenvalue weighted by molar-refractivity contribution is -0.134. The number of benzene rings is 1. The number of allylic oxidation sites excluding steroid dienone is 3. The van der Waals surface area contributed by atoms with Gasteiger partial charge in [-0.15, -0.1) is 0 Å². The topological polar surface area (TPSA) is 37.4 Å². The molecule has 0 bridgehead atoms. The molecule has 0 aliphatic heterocycles. The van der Waals surface area contributed by atoms with Crippen LogP contribution in [-0.4, -0.2) is 18.2 Å². The smallest absolute Gasteiger partial charge is 0.294 e. The highest BCUT2D eigenvalue weighted by atomic mass is 16.2. The molecule has 0 unspecified atom stereocenters. The number of hydrogen-bond donors (Lipinski definition) is 0. The third-order valence-electron chi connectivity index (χ3n) is 3.33. The van der Waals surface area contributed by atoms with Crippen LogP contribution in [0.25, 0.3) is 0 Å². The summed E-state index contributed by atoms with van der Waals surface area (Å²) in [6, 6.07) is 9.29. The van der Waals surface area contributed by atoms with Gasteiger partial charge in [-0.05, 0) is 45.7 Å². The third kappa shape index (κ3) is 6.08. The number of ketones is 1. The molecule has 0 atom stereocenters. The largest absolute Gasteiger partial charge is 0.302 e. The van der Waals surface area contributed by atoms with Gasteiger partial charge < -0.3 is 4.90 Å². The average molecular weight is 299 g/mol. The van der Waals surface area contributed by atoms with E-state index in [1.807, 2.05) is 36.4 Å². The molecule has 0 spiro atoms. The van der Waals surface area contributed by atoms with Gasteiger partial charge in [0.25, 0.3) is 5.91 Å². The van der Waals surface area contributed by atoms with Crippen LogP contribution < -0.4 is 4.90 Å². The van der Waals surface area contributed by atoms with Gasteiger partial charge in [-0.1, -0.05) is 41.5 Å². The maximum atomic E-state index is 12.1. The predicted molar refractivity (Wildman–Crippen MR) is 91.9 cm³/mol. The Labute approximate surface area is 133 Å². The second-order valence-corrected chi connectivity index (χ2v) is 5.68. The summed E-state index contributed by atoms with van der Waals surface area (Å²) in [4.78, 5) is 25.0. The van der Waals surface area contributed by atoms with Gasteiger partial charge in [0.1, 0.15) is 0 Å². The summed E-state index contributed by atoms with van der Waals surface area (Å²) >= 11 is 0. The highest BCUT2D eigenvalue weighted by molar-refractivity contribution is 6.40. The second kappa shape index (κ2) is 8.98. The van der Waals surface area contributed by atoms with Crippen LogP contribution in [-0.2, 0) is 9.59 Å². The van der Waals surface area contributed by atoms with Crippen molar-refractivity contribution in [2.24, 2.45) is 0 Å². The first-order valence-electron chi connectivity index (χ1n) is 7.58. The molecule has 0 heterocycles. The van der Waals surface area contributed by atoms with Crippen LogP contribution in [0.15, 0.2) is 53.6 Å². The van der Waals surface area contributed by atoms with Crippen molar-refractivity contribution in [3.05, 3.63) is 53.6 Å². The van der Waals surface area contributed by atoms with E-state index in [9.17, 15) is 9.59 Å². The lowest BCUT2D eigenvalue weighted by Gasteiger charge is -2.20. The molecule has 0 aromatic heterocycles. The van der Waals surface area contributed by atoms with E-state index in [0.29, 0.717) is 6.54 Å². The standard InChI is InChI=1S/C19H25NO2/c1-15(2)9-8-10-16(3)13-14-20(19(22)17(4)21)18-11-6-5-7-12-18/h5-7,9,11-13H,8,10,14H2,1-4H3/b16-13+. The van der Waals surface area contributed by atoms with Crippen molar-refractivity contribution in [2.75, 3.05) is 11.4 Å². The minimum Gasteiger partial charge on any atom is -0.302 e. The zero-order chi connectivity index (χ0) is 16.5. The monoisotopic (exact) mass is 299 g/mol. The molecule has 1 aromatic carbocycles. The summed E-state index contributed by atoms with van der Waals surface area (Å²) in [5, 5.41) is 0. The molecule has 0 aliphatic carbocycles. The first-order valence-corrected chi connectivity index (χ1v) is 7.58. The van der Waals surface area contributed by atoms with Crippen LogP contribution in [0.5, 0.6) is 0 Å². The van der Waals surface area contributed by atoms with E-state index in [0.717, 1.165) is 18.5 Å². The molecule has 0 saturated heterocycles. The van der Waals surface area contributed by atoms with E-state index in [2.05, 4.69) is 26.8 Å². The van der Waals surface area contributed by atoms with Gasteiger partial charge in [0.15, 0.2) is 0 Å². The average Bonchev–Trinajstić information content (AvgIpc) is 2.47. The van der Waals surface area contributed by atoms with Crippen molar-refractivity contribution >= 4 is 17.4 Å². The van der Waals surface area contributed by atoms with Crippen LogP contribution >= 0.6 is 0 Å². The van der Waals surface area contributed by atoms with Crippen LogP contribution in [0, 0.1) is 0 Å². The van der Waals surface area contributed by atoms with Gasteiger partial charge in [0.2, 0.25) is 5.78 Å². The van der Waals surface area contributed by atoms with Crippen molar-refractivity contribution in [3.63, 3.8) is 0 Å². The van der Waals surface area contributed by atoms with E-state index in [1.54, 1.807) is 0 Å². The molecule has 22 heavy (non-hydrogen) atoms. The number of rotatable bonds is 7. The maximum Gasteiger partial charge on any atom is 0.294 e. The fraction of sp³-hybridized carbons (Fsp3) is 0.368. The highest BCUT2D eigenvalue weighted by Gasteiger charge is 2.18. The first kappa shape index (κ1) is 17.9. The second-order valence-electron chi connectivity index (χ2n) is 5.68. The van der Waals surface area contributed by atoms with Crippen LogP contribution in [0.2, 0.25) is 0 Å². The maximum absolute atomic E-state index is 12.1. The van der Waals surface area contributed by atoms with Crippen molar-refractivity contribution in [3.8, 4) is 0 Å². The van der Waals surface area contributed by atoms with Crippen molar-refractivity contribution < 1.29 is 9.59 Å². The number of anilines is 1. The normalized spacial score (nSPS) is 11.0. The Morgan fingerprint density at radius 1 is 1.00 bits per heavy atom. The molecule has 0 fully saturated rings. The number of carbonyl (C=O) groups excluding carboxylic acids is 2. The number of nitrogens with zero attached hydrogens (tertiary/aromatic N) is 1. The summed E-state index contributed by atoms with van der Waals surface area (Å²) < 4.78 is 0. The minimum absolute atomic E-state index is 0.420. The summed E-state index contributed by atoms with van der Waals surface area (Å²) in [6.07, 6.45) is 6.18. The molecule has 1 rings (SSSR count). The van der Waals surface area contributed by atoms with Gasteiger partial charge >= 0.3 is 0 Å². The molecular formula is C19H25NO2. The number of carbonyl (C=O) groups is 2. The number of Topliss-reactive ketones (excluding diaryl/α,β-unsaturated/α-hetero) is 1. The molecule has 0 radical (unpaired) electrons. The van der Waals surface area contributed by atoms with Crippen molar-refractivity contribution in [1.82, 2.24) is 0 Å². The number of amides is 1. The van der Waals surface area contributed by atoms with Crippen molar-refractivity contribution in [1.29, 1.82) is 0 Å². The fourth-order valence-corrected chi connectivity index (χ4v) is 2.04. The van der Waals surface area contributed by atoms with E-state index in [4.69, 9.17) is 0 Å². The van der Waals surface area contributed by atoms with E-state index < -0.39 is 11.7 Å². The van der Waals surface area contributed by atoms with Crippen molar-refractivity contribution in [2.45, 2.75) is 40.5 Å². The first-order chi connectivity index (χ1) is 10.4. The minimum atomic E-state index is -0.473. The lowest BCUT2D eigenvalue weighted by atomic mass is 10.1. The van der Waals surface area contributed by atoms with Crippen LogP contribution in [0.1, 0.15) is 40.5 Å². The van der Waals surface area contributed by atoms with Gasteiger partial charge in [-0.2, -0.15) is 0 Å². The Morgan fingerprint density at radius 3 is 2.18 bits per heavy atom.